The van der Waals surface area contributed by atoms with E-state index in [1.165, 1.54) is 6.33 Å². The van der Waals surface area contributed by atoms with E-state index in [9.17, 15) is 31.1 Å². The topological polar surface area (TPSA) is 146 Å². The fourth-order valence-corrected chi connectivity index (χ4v) is 4.01. The minimum Gasteiger partial charge on any atom is -0.481 e. The van der Waals surface area contributed by atoms with Crippen molar-refractivity contribution in [1.82, 2.24) is 15.0 Å². The number of amides is 1. The highest BCUT2D eigenvalue weighted by molar-refractivity contribution is 6.00. The molecule has 214 valence electrons. The Hall–Kier alpha value is -4.18. The minimum atomic E-state index is -5.08. The van der Waals surface area contributed by atoms with Crippen molar-refractivity contribution in [3.8, 4) is 5.88 Å². The number of ether oxygens (including phenoxy) is 1. The maximum absolute atomic E-state index is 13.3. The molecule has 1 amide bonds. The molecule has 2 N–H and O–H groups in total. The molecule has 0 aliphatic carbocycles. The van der Waals surface area contributed by atoms with Gasteiger partial charge >= 0.3 is 24.3 Å². The molecule has 2 aromatic heterocycles. The molecule has 2 aromatic rings. The first-order valence-electron chi connectivity index (χ1n) is 11.0. The van der Waals surface area contributed by atoms with Gasteiger partial charge in [-0.3, -0.25) is 9.78 Å². The normalized spacial score (nSPS) is 20.6. The lowest BCUT2D eigenvalue weighted by Gasteiger charge is -2.26. The van der Waals surface area contributed by atoms with Gasteiger partial charge in [-0.15, -0.1) is 0 Å². The summed E-state index contributed by atoms with van der Waals surface area (Å²) in [4.78, 5) is 47.6. The number of carbonyl (C=O) groups excluding carboxylic acids is 1. The SMILES string of the molecule is COc1cc(N2C[C@@H](C)[C@@]3(CCN(c4cccnc4)C3=O)C2)ncn1.O=C(O)C(F)(F)F.O=C(O)C(F)(F)F. The van der Waals surface area contributed by atoms with Crippen molar-refractivity contribution in [2.45, 2.75) is 25.7 Å². The molecule has 2 aliphatic rings. The summed E-state index contributed by atoms with van der Waals surface area (Å²) in [7, 11) is 1.59. The first kappa shape index (κ1) is 31.0. The molecule has 0 bridgehead atoms. The summed E-state index contributed by atoms with van der Waals surface area (Å²) in [6.45, 7) is 4.36. The van der Waals surface area contributed by atoms with E-state index in [1.54, 1.807) is 19.5 Å². The molecule has 11 nitrogen and oxygen atoms in total. The van der Waals surface area contributed by atoms with Crippen molar-refractivity contribution in [2.75, 3.05) is 36.5 Å². The van der Waals surface area contributed by atoms with Crippen LogP contribution in [0.4, 0.5) is 37.8 Å². The maximum atomic E-state index is 13.3. The van der Waals surface area contributed by atoms with Gasteiger partial charge in [-0.25, -0.2) is 19.6 Å². The van der Waals surface area contributed by atoms with Gasteiger partial charge in [-0.2, -0.15) is 26.3 Å². The summed E-state index contributed by atoms with van der Waals surface area (Å²) in [5.41, 5.74) is 0.507. The Morgan fingerprint density at radius 1 is 1.10 bits per heavy atom. The standard InChI is InChI=1S/C18H21N5O2.2C2HF3O2/c1-13-10-22(15-8-16(25-2)21-12-20-15)11-18(13)5-7-23(17(18)24)14-4-3-6-19-9-14;2*3-2(4,5)1(6)7/h3-4,6,8-9,12-13H,5,7,10-11H2,1-2H3;2*(H,6,7)/t13-,18-;;/m1../s1. The third-order valence-corrected chi connectivity index (χ3v) is 5.97. The Kier molecular flexibility index (Phi) is 9.65. The van der Waals surface area contributed by atoms with Gasteiger partial charge in [0.25, 0.3) is 0 Å². The molecular weight excluding hydrogens is 544 g/mol. The first-order chi connectivity index (χ1) is 18.0. The second-order valence-electron chi connectivity index (χ2n) is 8.38. The number of aromatic nitrogens is 3. The molecule has 17 heteroatoms. The van der Waals surface area contributed by atoms with Gasteiger partial charge in [0.05, 0.1) is 24.4 Å². The number of carboxylic acids is 2. The highest BCUT2D eigenvalue weighted by Gasteiger charge is 2.55. The molecule has 2 fully saturated rings. The number of hydrogen-bond acceptors (Lipinski definition) is 8. The van der Waals surface area contributed by atoms with E-state index in [2.05, 4.69) is 26.8 Å². The van der Waals surface area contributed by atoms with Gasteiger partial charge in [0, 0.05) is 31.9 Å². The number of pyridine rings is 1. The van der Waals surface area contributed by atoms with Crippen LogP contribution in [0.1, 0.15) is 13.3 Å². The van der Waals surface area contributed by atoms with Gasteiger partial charge < -0.3 is 24.7 Å². The van der Waals surface area contributed by atoms with Gasteiger partial charge in [-0.1, -0.05) is 6.92 Å². The maximum Gasteiger partial charge on any atom is 0.490 e. The van der Waals surface area contributed by atoms with Crippen LogP contribution in [-0.4, -0.2) is 82.1 Å². The average molecular weight is 567 g/mol. The van der Waals surface area contributed by atoms with Gasteiger partial charge in [-0.05, 0) is 24.5 Å². The largest absolute Gasteiger partial charge is 0.490 e. The van der Waals surface area contributed by atoms with Crippen molar-refractivity contribution in [3.05, 3.63) is 36.9 Å². The van der Waals surface area contributed by atoms with Crippen LogP contribution in [0.25, 0.3) is 0 Å². The number of carbonyl (C=O) groups is 3. The Morgan fingerprint density at radius 2 is 1.69 bits per heavy atom. The molecule has 1 spiro atoms. The van der Waals surface area contributed by atoms with Crippen molar-refractivity contribution >= 4 is 29.4 Å². The summed E-state index contributed by atoms with van der Waals surface area (Å²) < 4.78 is 68.7. The summed E-state index contributed by atoms with van der Waals surface area (Å²) in [6, 6.07) is 5.63. The van der Waals surface area contributed by atoms with Crippen LogP contribution in [0.2, 0.25) is 0 Å². The molecule has 4 heterocycles. The number of methoxy groups -OCH3 is 1. The van der Waals surface area contributed by atoms with Gasteiger partial charge in [0.2, 0.25) is 11.8 Å². The molecule has 2 aliphatic heterocycles. The minimum absolute atomic E-state index is 0.191. The van der Waals surface area contributed by atoms with E-state index in [4.69, 9.17) is 24.5 Å². The number of nitrogens with zero attached hydrogens (tertiary/aromatic N) is 5. The predicted octanol–water partition coefficient (Wildman–Crippen LogP) is 3.03. The van der Waals surface area contributed by atoms with Crippen molar-refractivity contribution < 1.29 is 55.7 Å². The smallest absolute Gasteiger partial charge is 0.481 e. The van der Waals surface area contributed by atoms with E-state index in [0.717, 1.165) is 31.0 Å². The fourth-order valence-electron chi connectivity index (χ4n) is 4.01. The molecule has 39 heavy (non-hydrogen) atoms. The lowest BCUT2D eigenvalue weighted by molar-refractivity contribution is -0.193. The zero-order valence-electron chi connectivity index (χ0n) is 20.4. The molecular formula is C22H23F6N5O6. The third kappa shape index (κ3) is 7.67. The third-order valence-electron chi connectivity index (χ3n) is 5.97. The van der Waals surface area contributed by atoms with E-state index < -0.39 is 24.3 Å². The number of aliphatic carboxylic acids is 2. The number of hydrogen-bond donors (Lipinski definition) is 2. The highest BCUT2D eigenvalue weighted by Crippen LogP contribution is 2.46. The molecule has 0 unspecified atom stereocenters. The highest BCUT2D eigenvalue weighted by atomic mass is 19.4. The zero-order chi connectivity index (χ0) is 29.6. The van der Waals surface area contributed by atoms with Crippen LogP contribution in [0.3, 0.4) is 0 Å². The molecule has 0 radical (unpaired) electrons. The monoisotopic (exact) mass is 567 g/mol. The molecule has 0 aromatic carbocycles. The number of anilines is 2. The quantitative estimate of drug-likeness (QED) is 0.531. The van der Waals surface area contributed by atoms with E-state index in [-0.39, 0.29) is 17.2 Å². The van der Waals surface area contributed by atoms with E-state index >= 15 is 0 Å². The van der Waals surface area contributed by atoms with Gasteiger partial charge in [0.1, 0.15) is 12.1 Å². The Labute approximate surface area is 217 Å². The Morgan fingerprint density at radius 3 is 2.18 bits per heavy atom. The van der Waals surface area contributed by atoms with Crippen LogP contribution in [0.5, 0.6) is 5.88 Å². The number of carboxylic acid groups (broad SMARTS) is 2. The molecule has 0 saturated carbocycles. The van der Waals surface area contributed by atoms with E-state index in [1.807, 2.05) is 23.1 Å². The Balaban J connectivity index is 0.000000317. The van der Waals surface area contributed by atoms with Crippen molar-refractivity contribution in [3.63, 3.8) is 0 Å². The van der Waals surface area contributed by atoms with Crippen molar-refractivity contribution in [1.29, 1.82) is 0 Å². The number of rotatable bonds is 3. The van der Waals surface area contributed by atoms with E-state index in [0.29, 0.717) is 12.4 Å². The molecule has 2 saturated heterocycles. The number of alkyl halides is 6. The zero-order valence-corrected chi connectivity index (χ0v) is 20.4. The summed E-state index contributed by atoms with van der Waals surface area (Å²) >= 11 is 0. The van der Waals surface area contributed by atoms with Crippen LogP contribution in [0.15, 0.2) is 36.9 Å². The Bertz CT molecular complexity index is 1140. The second kappa shape index (κ2) is 12.1. The summed E-state index contributed by atoms with van der Waals surface area (Å²) in [6.07, 6.45) is -4.34. The lowest BCUT2D eigenvalue weighted by atomic mass is 9.78. The average Bonchev–Trinajstić information content (AvgIpc) is 3.39. The summed E-state index contributed by atoms with van der Waals surface area (Å²) in [5, 5.41) is 14.2. The van der Waals surface area contributed by atoms with Crippen LogP contribution >= 0.6 is 0 Å². The van der Waals surface area contributed by atoms with Crippen LogP contribution in [0, 0.1) is 11.3 Å². The van der Waals surface area contributed by atoms with Gasteiger partial charge in [0.15, 0.2) is 0 Å². The summed E-state index contributed by atoms with van der Waals surface area (Å²) in [5.74, 6) is -3.73. The van der Waals surface area contributed by atoms with Crippen LogP contribution in [-0.2, 0) is 14.4 Å². The second-order valence-corrected chi connectivity index (χ2v) is 8.38. The predicted molar refractivity (Wildman–Crippen MR) is 121 cm³/mol. The lowest BCUT2D eigenvalue weighted by Crippen LogP contribution is -2.39. The molecule has 2 atom stereocenters. The fraction of sp³-hybridized carbons (Fsp3) is 0.455. The van der Waals surface area contributed by atoms with Crippen molar-refractivity contribution in [2.24, 2.45) is 11.3 Å². The number of halogens is 6. The van der Waals surface area contributed by atoms with Crippen LogP contribution < -0.4 is 14.5 Å². The molecule has 4 rings (SSSR count). The first-order valence-corrected chi connectivity index (χ1v) is 11.0.